The van der Waals surface area contributed by atoms with E-state index in [2.05, 4.69) is 9.72 Å². The fourth-order valence-corrected chi connectivity index (χ4v) is 2.22. The highest BCUT2D eigenvalue weighted by atomic mass is 19.3. The minimum absolute atomic E-state index is 0.424. The van der Waals surface area contributed by atoms with Crippen molar-refractivity contribution < 1.29 is 26.7 Å². The van der Waals surface area contributed by atoms with Crippen LogP contribution in [0.5, 0.6) is 5.75 Å². The Kier molecular flexibility index (Phi) is 9.61. The molecule has 0 atom stereocenters. The summed E-state index contributed by atoms with van der Waals surface area (Å²) in [7, 11) is 0. The highest BCUT2D eigenvalue weighted by Crippen LogP contribution is 2.34. The number of hydrogen-bond acceptors (Lipinski definition) is 3. The molecule has 0 aliphatic heterocycles. The molecule has 0 N–H and O–H groups in total. The van der Waals surface area contributed by atoms with Crippen molar-refractivity contribution in [2.24, 2.45) is 0 Å². The lowest BCUT2D eigenvalue weighted by molar-refractivity contribution is -0.187. The predicted octanol–water partition coefficient (Wildman–Crippen LogP) is 6.83. The highest BCUT2D eigenvalue weighted by molar-refractivity contribution is 5.38. The molecular formula is C23H21F5N2O. The lowest BCUT2D eigenvalue weighted by atomic mass is 10.1. The van der Waals surface area contributed by atoms with Gasteiger partial charge in [0.05, 0.1) is 5.56 Å². The van der Waals surface area contributed by atoms with Gasteiger partial charge in [0.15, 0.2) is 0 Å². The molecule has 0 aliphatic rings. The second kappa shape index (κ2) is 11.6. The molecule has 0 saturated heterocycles. The fraction of sp³-hybridized carbons (Fsp3) is 0.217. The van der Waals surface area contributed by atoms with Crippen LogP contribution >= 0.6 is 0 Å². The summed E-state index contributed by atoms with van der Waals surface area (Å²) in [4.78, 5) is 3.88. The summed E-state index contributed by atoms with van der Waals surface area (Å²) in [6.45, 7) is 7.53. The summed E-state index contributed by atoms with van der Waals surface area (Å²) < 4.78 is 72.3. The van der Waals surface area contributed by atoms with E-state index < -0.39 is 40.4 Å². The van der Waals surface area contributed by atoms with E-state index >= 15 is 0 Å². The first kappa shape index (κ1) is 25.6. The minimum Gasteiger partial charge on any atom is -0.429 e. The maximum atomic E-state index is 13.9. The number of alkyl halides is 2. The van der Waals surface area contributed by atoms with E-state index in [-0.39, 0.29) is 0 Å². The average molecular weight is 436 g/mol. The van der Waals surface area contributed by atoms with E-state index in [1.165, 1.54) is 24.6 Å². The average Bonchev–Trinajstić information content (AvgIpc) is 2.70. The second-order valence-corrected chi connectivity index (χ2v) is 6.01. The van der Waals surface area contributed by atoms with Gasteiger partial charge in [-0.15, -0.1) is 0 Å². The number of nitrogens with zero attached hydrogens (tertiary/aromatic N) is 2. The topological polar surface area (TPSA) is 45.9 Å². The van der Waals surface area contributed by atoms with Crippen molar-refractivity contribution in [2.45, 2.75) is 33.8 Å². The largest absolute Gasteiger partial charge is 0.429 e. The molecule has 8 heteroatoms. The molecular weight excluding hydrogens is 415 g/mol. The van der Waals surface area contributed by atoms with Gasteiger partial charge in [0.2, 0.25) is 0 Å². The standard InChI is InChI=1S/C15H8F5NO.C6H7N.C2H6/c1-8-2-3-11(14(18)4-8)15(19,20)22-9-5-12(16)10(7-21)13(17)6-9;1-6-3-2-4-7-5-6;1-2/h2-6H,1H3;2-5H,1H3;1-2H3. The molecule has 0 bridgehead atoms. The van der Waals surface area contributed by atoms with Gasteiger partial charge in [-0.1, -0.05) is 26.0 Å². The Bertz CT molecular complexity index is 1010. The van der Waals surface area contributed by atoms with Crippen molar-refractivity contribution in [2.75, 3.05) is 0 Å². The maximum absolute atomic E-state index is 13.9. The molecule has 0 fully saturated rings. The first-order chi connectivity index (χ1) is 14.6. The molecule has 3 nitrogen and oxygen atoms in total. The third-order valence-corrected chi connectivity index (χ3v) is 3.62. The zero-order valence-corrected chi connectivity index (χ0v) is 17.4. The Morgan fingerprint density at radius 2 is 1.52 bits per heavy atom. The van der Waals surface area contributed by atoms with E-state index in [0.717, 1.165) is 12.1 Å². The summed E-state index contributed by atoms with van der Waals surface area (Å²) in [6, 6.07) is 9.01. The van der Waals surface area contributed by atoms with Gasteiger partial charge in [-0.3, -0.25) is 4.98 Å². The molecule has 0 spiro atoms. The number of benzene rings is 2. The van der Waals surface area contributed by atoms with Crippen LogP contribution in [0.3, 0.4) is 0 Å². The number of hydrogen-bond donors (Lipinski definition) is 0. The molecule has 1 aromatic heterocycles. The van der Waals surface area contributed by atoms with Gasteiger partial charge in [-0.2, -0.15) is 14.0 Å². The van der Waals surface area contributed by atoms with Crippen LogP contribution in [0.25, 0.3) is 0 Å². The molecule has 3 rings (SSSR count). The van der Waals surface area contributed by atoms with E-state index in [1.54, 1.807) is 6.20 Å². The Morgan fingerprint density at radius 3 is 1.94 bits per heavy atom. The van der Waals surface area contributed by atoms with Crippen LogP contribution in [0, 0.1) is 42.6 Å². The Labute approximate surface area is 177 Å². The number of nitriles is 1. The summed E-state index contributed by atoms with van der Waals surface area (Å²) in [6.07, 6.45) is -0.530. The molecule has 0 unspecified atom stereocenters. The SMILES string of the molecule is CC.Cc1ccc(C(F)(F)Oc2cc(F)c(C#N)c(F)c2)c(F)c1.Cc1cccnc1. The molecule has 0 aliphatic carbocycles. The summed E-state index contributed by atoms with van der Waals surface area (Å²) >= 11 is 0. The van der Waals surface area contributed by atoms with Crippen molar-refractivity contribution in [1.29, 1.82) is 5.26 Å². The molecule has 0 amide bonds. The Balaban J connectivity index is 0.000000447. The Morgan fingerprint density at radius 1 is 0.903 bits per heavy atom. The van der Waals surface area contributed by atoms with Crippen molar-refractivity contribution in [1.82, 2.24) is 4.98 Å². The minimum atomic E-state index is -4.13. The van der Waals surface area contributed by atoms with Crippen LogP contribution in [0.15, 0.2) is 54.9 Å². The van der Waals surface area contributed by atoms with Crippen molar-refractivity contribution >= 4 is 0 Å². The first-order valence-corrected chi connectivity index (χ1v) is 9.23. The van der Waals surface area contributed by atoms with E-state index in [9.17, 15) is 22.0 Å². The number of ether oxygens (including phenoxy) is 1. The summed E-state index contributed by atoms with van der Waals surface area (Å²) in [5.41, 5.74) is -0.351. The summed E-state index contributed by atoms with van der Waals surface area (Å²) in [5, 5.41) is 8.49. The monoisotopic (exact) mass is 436 g/mol. The molecule has 1 heterocycles. The van der Waals surface area contributed by atoms with Crippen molar-refractivity contribution in [3.05, 3.63) is 94.6 Å². The van der Waals surface area contributed by atoms with Crippen molar-refractivity contribution in [3.8, 4) is 11.8 Å². The maximum Gasteiger partial charge on any atom is 0.429 e. The van der Waals surface area contributed by atoms with Crippen molar-refractivity contribution in [3.63, 3.8) is 0 Å². The van der Waals surface area contributed by atoms with Gasteiger partial charge in [0.25, 0.3) is 0 Å². The third-order valence-electron chi connectivity index (χ3n) is 3.62. The normalized spacial score (nSPS) is 10.1. The zero-order valence-electron chi connectivity index (χ0n) is 17.4. The third kappa shape index (κ3) is 7.37. The van der Waals surface area contributed by atoms with Crippen LogP contribution in [0.2, 0.25) is 0 Å². The second-order valence-electron chi connectivity index (χ2n) is 6.01. The number of rotatable bonds is 3. The quantitative estimate of drug-likeness (QED) is 0.423. The molecule has 2 aromatic carbocycles. The zero-order chi connectivity index (χ0) is 23.6. The van der Waals surface area contributed by atoms with Gasteiger partial charge in [0, 0.05) is 24.5 Å². The fourth-order valence-electron chi connectivity index (χ4n) is 2.22. The highest BCUT2D eigenvalue weighted by Gasteiger charge is 2.38. The van der Waals surface area contributed by atoms with Gasteiger partial charge in [-0.05, 0) is 43.2 Å². The number of aromatic nitrogens is 1. The Hall–Kier alpha value is -3.47. The van der Waals surface area contributed by atoms with Crippen LogP contribution in [0.1, 0.15) is 36.1 Å². The van der Waals surface area contributed by atoms with Crippen LogP contribution in [-0.2, 0) is 6.11 Å². The van der Waals surface area contributed by atoms with E-state index in [1.807, 2.05) is 39.1 Å². The summed E-state index contributed by atoms with van der Waals surface area (Å²) in [5.74, 6) is -4.77. The molecule has 3 aromatic rings. The van der Waals surface area contributed by atoms with Gasteiger partial charge in [0.1, 0.15) is 34.8 Å². The van der Waals surface area contributed by atoms with E-state index in [0.29, 0.717) is 17.7 Å². The lowest BCUT2D eigenvalue weighted by Gasteiger charge is -2.19. The number of aryl methyl sites for hydroxylation is 2. The lowest BCUT2D eigenvalue weighted by Crippen LogP contribution is -2.23. The van der Waals surface area contributed by atoms with Crippen LogP contribution in [0.4, 0.5) is 22.0 Å². The van der Waals surface area contributed by atoms with Crippen LogP contribution < -0.4 is 4.74 Å². The van der Waals surface area contributed by atoms with Gasteiger partial charge < -0.3 is 4.74 Å². The van der Waals surface area contributed by atoms with E-state index in [4.69, 9.17) is 5.26 Å². The molecule has 31 heavy (non-hydrogen) atoms. The number of halogens is 5. The van der Waals surface area contributed by atoms with Gasteiger partial charge >= 0.3 is 6.11 Å². The predicted molar refractivity (Wildman–Crippen MR) is 107 cm³/mol. The molecule has 0 radical (unpaired) electrons. The molecule has 164 valence electrons. The first-order valence-electron chi connectivity index (χ1n) is 9.23. The number of pyridine rings is 1. The van der Waals surface area contributed by atoms with Gasteiger partial charge in [-0.25, -0.2) is 13.2 Å². The molecule has 0 saturated carbocycles. The van der Waals surface area contributed by atoms with Crippen LogP contribution in [-0.4, -0.2) is 4.98 Å². The smallest absolute Gasteiger partial charge is 0.429 e.